The van der Waals surface area contributed by atoms with Gasteiger partial charge in [0, 0.05) is 6.42 Å². The molecular formula is C29H40N2O5S. The molecule has 7 nitrogen and oxygen atoms in total. The average Bonchev–Trinajstić information content (AvgIpc) is 3.67. The number of benzene rings is 2. The van der Waals surface area contributed by atoms with Crippen LogP contribution in [0, 0.1) is 5.92 Å². The number of sulfone groups is 1. The Morgan fingerprint density at radius 2 is 1.43 bits per heavy atom. The molecule has 1 unspecified atom stereocenters. The standard InChI is InChI=1S/C29H40N2O5S/c1-20(2)27(28(33)30-24(25-19-36-25)17-22-14-10-7-11-15-22)31-26(32)18-23(37(34,35)29(3,4)5)16-21-12-8-6-9-13-21/h6-15,20,23-25,27H,16-19H2,1-5H3,(H,30,33)(H,31,32)/t23?,24-,25+,27-/m0/s1. The van der Waals surface area contributed by atoms with Crippen LogP contribution >= 0.6 is 0 Å². The highest BCUT2D eigenvalue weighted by atomic mass is 32.2. The molecule has 8 heteroatoms. The molecule has 1 fully saturated rings. The van der Waals surface area contributed by atoms with Crippen LogP contribution in [-0.2, 0) is 37.0 Å². The van der Waals surface area contributed by atoms with Gasteiger partial charge in [-0.05, 0) is 50.7 Å². The number of carbonyl (C=O) groups excluding carboxylic acids is 2. The number of ether oxygens (including phenoxy) is 1. The van der Waals surface area contributed by atoms with E-state index in [4.69, 9.17) is 4.74 Å². The lowest BCUT2D eigenvalue weighted by molar-refractivity contribution is -0.130. The number of rotatable bonds is 12. The van der Waals surface area contributed by atoms with E-state index in [1.54, 1.807) is 20.8 Å². The first kappa shape index (κ1) is 28.9. The summed E-state index contributed by atoms with van der Waals surface area (Å²) >= 11 is 0. The van der Waals surface area contributed by atoms with Crippen LogP contribution < -0.4 is 10.6 Å². The zero-order valence-electron chi connectivity index (χ0n) is 22.4. The minimum Gasteiger partial charge on any atom is -0.371 e. The predicted molar refractivity (Wildman–Crippen MR) is 146 cm³/mol. The van der Waals surface area contributed by atoms with Crippen molar-refractivity contribution in [3.63, 3.8) is 0 Å². The van der Waals surface area contributed by atoms with Gasteiger partial charge in [-0.25, -0.2) is 8.42 Å². The lowest BCUT2D eigenvalue weighted by atomic mass is 9.99. The molecule has 0 aliphatic carbocycles. The Morgan fingerprint density at radius 1 is 0.919 bits per heavy atom. The third-order valence-electron chi connectivity index (χ3n) is 6.71. The minimum absolute atomic E-state index is 0.0557. The van der Waals surface area contributed by atoms with Gasteiger partial charge in [-0.15, -0.1) is 0 Å². The second-order valence-corrected chi connectivity index (χ2v) is 14.1. The van der Waals surface area contributed by atoms with Crippen LogP contribution in [0.4, 0.5) is 0 Å². The molecular weight excluding hydrogens is 488 g/mol. The van der Waals surface area contributed by atoms with E-state index >= 15 is 0 Å². The smallest absolute Gasteiger partial charge is 0.243 e. The molecule has 0 radical (unpaired) electrons. The Bertz CT molecular complexity index is 1140. The molecule has 3 rings (SSSR count). The minimum atomic E-state index is -3.64. The second kappa shape index (κ2) is 12.2. The van der Waals surface area contributed by atoms with E-state index in [0.717, 1.165) is 11.1 Å². The summed E-state index contributed by atoms with van der Waals surface area (Å²) in [5.41, 5.74) is 1.93. The van der Waals surface area contributed by atoms with Crippen molar-refractivity contribution in [1.82, 2.24) is 10.6 Å². The Morgan fingerprint density at radius 3 is 1.89 bits per heavy atom. The second-order valence-electron chi connectivity index (χ2n) is 11.1. The number of hydrogen-bond donors (Lipinski definition) is 2. The van der Waals surface area contributed by atoms with Crippen molar-refractivity contribution in [2.24, 2.45) is 5.92 Å². The molecule has 0 saturated carbocycles. The molecule has 0 bridgehead atoms. The van der Waals surface area contributed by atoms with E-state index in [2.05, 4.69) is 10.6 Å². The molecule has 1 aliphatic rings. The number of nitrogens with one attached hydrogen (secondary N) is 2. The van der Waals surface area contributed by atoms with Gasteiger partial charge in [-0.1, -0.05) is 74.5 Å². The molecule has 2 aromatic carbocycles. The van der Waals surface area contributed by atoms with Crippen LogP contribution in [0.2, 0.25) is 0 Å². The highest BCUT2D eigenvalue weighted by Crippen LogP contribution is 2.26. The molecule has 2 aromatic rings. The fourth-order valence-corrected chi connectivity index (χ4v) is 6.13. The van der Waals surface area contributed by atoms with Crippen LogP contribution in [-0.4, -0.2) is 55.0 Å². The Labute approximate surface area is 221 Å². The van der Waals surface area contributed by atoms with Gasteiger partial charge in [0.2, 0.25) is 11.8 Å². The molecule has 0 aromatic heterocycles. The molecule has 1 aliphatic heterocycles. The molecule has 1 saturated heterocycles. The molecule has 1 heterocycles. The van der Waals surface area contributed by atoms with E-state index in [1.165, 1.54) is 0 Å². The Hall–Kier alpha value is -2.71. The zero-order chi connectivity index (χ0) is 27.2. The normalized spacial score (nSPS) is 18.1. The van der Waals surface area contributed by atoms with Crippen molar-refractivity contribution < 1.29 is 22.7 Å². The first-order valence-electron chi connectivity index (χ1n) is 12.9. The van der Waals surface area contributed by atoms with Gasteiger partial charge in [0.15, 0.2) is 9.84 Å². The summed E-state index contributed by atoms with van der Waals surface area (Å²) in [6.45, 7) is 9.25. The van der Waals surface area contributed by atoms with Gasteiger partial charge in [-0.2, -0.15) is 0 Å². The van der Waals surface area contributed by atoms with Crippen LogP contribution in [0.15, 0.2) is 60.7 Å². The first-order chi connectivity index (χ1) is 17.4. The number of epoxide rings is 1. The topological polar surface area (TPSA) is 105 Å². The maximum Gasteiger partial charge on any atom is 0.243 e. The fourth-order valence-electron chi connectivity index (χ4n) is 4.35. The number of amides is 2. The molecule has 0 spiro atoms. The first-order valence-corrected chi connectivity index (χ1v) is 14.5. The Kier molecular flexibility index (Phi) is 9.53. The van der Waals surface area contributed by atoms with Gasteiger partial charge in [0.1, 0.15) is 12.1 Å². The molecule has 202 valence electrons. The van der Waals surface area contributed by atoms with Gasteiger partial charge in [-0.3, -0.25) is 9.59 Å². The third-order valence-corrected chi connectivity index (χ3v) is 9.63. The summed E-state index contributed by atoms with van der Waals surface area (Å²) in [7, 11) is -3.64. The SMILES string of the molecule is CC(C)[C@H](NC(=O)CC(Cc1ccccc1)S(=O)(=O)C(C)(C)C)C(=O)N[C@@H](Cc1ccccc1)[C@H]1CO1. The van der Waals surface area contributed by atoms with Crippen molar-refractivity contribution in [1.29, 1.82) is 0 Å². The van der Waals surface area contributed by atoms with E-state index in [0.29, 0.717) is 13.0 Å². The largest absolute Gasteiger partial charge is 0.371 e. The van der Waals surface area contributed by atoms with Gasteiger partial charge < -0.3 is 15.4 Å². The maximum absolute atomic E-state index is 13.4. The maximum atomic E-state index is 13.4. The van der Waals surface area contributed by atoms with E-state index in [9.17, 15) is 18.0 Å². The van der Waals surface area contributed by atoms with Crippen molar-refractivity contribution in [3.8, 4) is 0 Å². The summed E-state index contributed by atoms with van der Waals surface area (Å²) in [6, 6.07) is 18.2. The van der Waals surface area contributed by atoms with Gasteiger partial charge >= 0.3 is 0 Å². The zero-order valence-corrected chi connectivity index (χ0v) is 23.3. The van der Waals surface area contributed by atoms with E-state index in [-0.39, 0.29) is 36.8 Å². The highest BCUT2D eigenvalue weighted by molar-refractivity contribution is 7.93. The monoisotopic (exact) mass is 528 g/mol. The van der Waals surface area contributed by atoms with Crippen LogP contribution in [0.1, 0.15) is 52.2 Å². The summed E-state index contributed by atoms with van der Waals surface area (Å²) in [5, 5.41) is 4.99. The van der Waals surface area contributed by atoms with Gasteiger partial charge in [0.05, 0.1) is 22.6 Å². The summed E-state index contributed by atoms with van der Waals surface area (Å²) in [4.78, 5) is 26.5. The quantitative estimate of drug-likeness (QED) is 0.411. The van der Waals surface area contributed by atoms with E-state index in [1.807, 2.05) is 74.5 Å². The van der Waals surface area contributed by atoms with E-state index < -0.39 is 31.8 Å². The molecule has 2 N–H and O–H groups in total. The average molecular weight is 529 g/mol. The number of carbonyl (C=O) groups is 2. The lowest BCUT2D eigenvalue weighted by Crippen LogP contribution is -2.54. The van der Waals surface area contributed by atoms with Crippen LogP contribution in [0.3, 0.4) is 0 Å². The highest BCUT2D eigenvalue weighted by Gasteiger charge is 2.39. The van der Waals surface area contributed by atoms with Crippen molar-refractivity contribution >= 4 is 21.7 Å². The van der Waals surface area contributed by atoms with Crippen LogP contribution in [0.5, 0.6) is 0 Å². The van der Waals surface area contributed by atoms with Crippen LogP contribution in [0.25, 0.3) is 0 Å². The molecule has 2 amide bonds. The molecule has 37 heavy (non-hydrogen) atoms. The fraction of sp³-hybridized carbons (Fsp3) is 0.517. The van der Waals surface area contributed by atoms with Gasteiger partial charge in [0.25, 0.3) is 0 Å². The number of hydrogen-bond acceptors (Lipinski definition) is 5. The van der Waals surface area contributed by atoms with Crippen molar-refractivity contribution in [2.45, 2.75) is 82.1 Å². The summed E-state index contributed by atoms with van der Waals surface area (Å²) < 4.78 is 31.2. The molecule has 4 atom stereocenters. The van der Waals surface area contributed by atoms with Crippen molar-refractivity contribution in [2.75, 3.05) is 6.61 Å². The summed E-state index contributed by atoms with van der Waals surface area (Å²) in [6.07, 6.45) is 0.577. The Balaban J connectivity index is 1.71. The van der Waals surface area contributed by atoms with Crippen molar-refractivity contribution in [3.05, 3.63) is 71.8 Å². The lowest BCUT2D eigenvalue weighted by Gasteiger charge is -2.28. The summed E-state index contributed by atoms with van der Waals surface area (Å²) in [5.74, 6) is -0.934. The predicted octanol–water partition coefficient (Wildman–Crippen LogP) is 3.47. The third kappa shape index (κ3) is 8.14.